The molecule has 0 aliphatic heterocycles. The van der Waals surface area contributed by atoms with E-state index in [0.717, 1.165) is 46.7 Å². The fraction of sp³-hybridized carbons (Fsp3) is 0.207. The van der Waals surface area contributed by atoms with Crippen molar-refractivity contribution in [3.63, 3.8) is 0 Å². The number of H-pyrrole nitrogens is 1. The van der Waals surface area contributed by atoms with E-state index in [1.807, 2.05) is 36.4 Å². The molecule has 2 aliphatic rings. The molecule has 0 spiro atoms. The Bertz CT molecular complexity index is 1530. The third kappa shape index (κ3) is 3.77. The van der Waals surface area contributed by atoms with Gasteiger partial charge in [-0.25, -0.2) is 9.37 Å². The number of para-hydroxylation sites is 1. The standard InChI is InChI=1S/C29H25FN4O2/c1-16-12-18(30)8-9-20(16)28(36)34-23-13-17(10-11-31-23)25-26(32-19-6-4-3-5-7-19)24-22(33-25)15-29(2)14-21(29)27(24)35/h3-13,21,32-33H,14-15H2,1-2H3,(H,31,34,36)/t21-,29+/m0/s1. The van der Waals surface area contributed by atoms with E-state index >= 15 is 0 Å². The fourth-order valence-corrected chi connectivity index (χ4v) is 5.27. The molecule has 2 aromatic heterocycles. The highest BCUT2D eigenvalue weighted by Gasteiger charge is 2.58. The molecule has 1 saturated carbocycles. The van der Waals surface area contributed by atoms with Crippen LogP contribution in [0.15, 0.2) is 66.9 Å². The Morgan fingerprint density at radius 2 is 1.94 bits per heavy atom. The van der Waals surface area contributed by atoms with E-state index in [2.05, 4.69) is 27.5 Å². The van der Waals surface area contributed by atoms with Crippen LogP contribution in [0.3, 0.4) is 0 Å². The molecule has 2 aromatic carbocycles. The number of aryl methyl sites for hydroxylation is 1. The smallest absolute Gasteiger partial charge is 0.257 e. The molecule has 3 N–H and O–H groups in total. The van der Waals surface area contributed by atoms with Crippen LogP contribution in [-0.2, 0) is 6.42 Å². The molecule has 6 rings (SSSR count). The first kappa shape index (κ1) is 22.2. The van der Waals surface area contributed by atoms with Crippen molar-refractivity contribution >= 4 is 28.9 Å². The minimum atomic E-state index is -0.389. The van der Waals surface area contributed by atoms with Gasteiger partial charge in [0.1, 0.15) is 11.6 Å². The monoisotopic (exact) mass is 480 g/mol. The van der Waals surface area contributed by atoms with Gasteiger partial charge in [-0.05, 0) is 73.2 Å². The van der Waals surface area contributed by atoms with Crippen LogP contribution in [0.2, 0.25) is 0 Å². The van der Waals surface area contributed by atoms with Crippen LogP contribution in [0, 0.1) is 24.1 Å². The molecule has 0 bridgehead atoms. The van der Waals surface area contributed by atoms with Crippen molar-refractivity contribution in [1.82, 2.24) is 9.97 Å². The lowest BCUT2D eigenvalue weighted by molar-refractivity contribution is 0.0940. The highest BCUT2D eigenvalue weighted by molar-refractivity contribution is 6.10. The zero-order valence-electron chi connectivity index (χ0n) is 20.0. The van der Waals surface area contributed by atoms with Gasteiger partial charge in [-0.15, -0.1) is 0 Å². The second kappa shape index (κ2) is 8.16. The van der Waals surface area contributed by atoms with Crippen molar-refractivity contribution in [3.8, 4) is 11.3 Å². The lowest BCUT2D eigenvalue weighted by Gasteiger charge is -2.18. The number of ketones is 1. The molecule has 0 unspecified atom stereocenters. The summed E-state index contributed by atoms with van der Waals surface area (Å²) in [4.78, 5) is 34.1. The van der Waals surface area contributed by atoms with E-state index in [4.69, 9.17) is 0 Å². The van der Waals surface area contributed by atoms with Crippen molar-refractivity contribution in [2.24, 2.45) is 11.3 Å². The topological polar surface area (TPSA) is 86.9 Å². The Labute approximate surface area is 208 Å². The highest BCUT2D eigenvalue weighted by atomic mass is 19.1. The summed E-state index contributed by atoms with van der Waals surface area (Å²) in [5, 5.41) is 6.28. The molecular formula is C29H25FN4O2. The first-order chi connectivity index (χ1) is 17.3. The van der Waals surface area contributed by atoms with Gasteiger partial charge in [0.05, 0.1) is 16.9 Å². The van der Waals surface area contributed by atoms with Crippen molar-refractivity contribution in [1.29, 1.82) is 0 Å². The number of rotatable bonds is 5. The highest BCUT2D eigenvalue weighted by Crippen LogP contribution is 2.60. The zero-order chi connectivity index (χ0) is 25.0. The zero-order valence-corrected chi connectivity index (χ0v) is 20.0. The predicted octanol–water partition coefficient (Wildman–Crippen LogP) is 6.29. The van der Waals surface area contributed by atoms with Gasteiger partial charge in [0.25, 0.3) is 5.91 Å². The van der Waals surface area contributed by atoms with Crippen LogP contribution >= 0.6 is 0 Å². The van der Waals surface area contributed by atoms with Crippen molar-refractivity contribution in [2.45, 2.75) is 26.7 Å². The Kier molecular flexibility index (Phi) is 5.03. The van der Waals surface area contributed by atoms with Gasteiger partial charge in [-0.1, -0.05) is 25.1 Å². The molecule has 180 valence electrons. The molecule has 0 radical (unpaired) electrons. The molecular weight excluding hydrogens is 455 g/mol. The van der Waals surface area contributed by atoms with E-state index < -0.39 is 0 Å². The SMILES string of the molecule is Cc1cc(F)ccc1C(=O)Nc1cc(-c2[nH]c3c(c2Nc2ccccc2)C(=O)[C@@H]2C[C@]2(C)C3)ccn1. The number of aromatic nitrogens is 2. The number of carbonyl (C=O) groups is 2. The van der Waals surface area contributed by atoms with Crippen molar-refractivity contribution in [2.75, 3.05) is 10.6 Å². The van der Waals surface area contributed by atoms with Gasteiger partial charge < -0.3 is 15.6 Å². The summed E-state index contributed by atoms with van der Waals surface area (Å²) in [6.07, 6.45) is 3.36. The maximum absolute atomic E-state index is 13.5. The Morgan fingerprint density at radius 1 is 1.14 bits per heavy atom. The number of nitrogens with zero attached hydrogens (tertiary/aromatic N) is 1. The first-order valence-corrected chi connectivity index (χ1v) is 12.0. The number of hydrogen-bond donors (Lipinski definition) is 3. The van der Waals surface area contributed by atoms with Gasteiger partial charge in [0.15, 0.2) is 5.78 Å². The molecule has 2 heterocycles. The summed E-state index contributed by atoms with van der Waals surface area (Å²) in [6, 6.07) is 17.4. The average molecular weight is 481 g/mol. The molecule has 4 aromatic rings. The molecule has 7 heteroatoms. The normalized spacial score (nSPS) is 19.9. The van der Waals surface area contributed by atoms with Crippen molar-refractivity contribution < 1.29 is 14.0 Å². The molecule has 36 heavy (non-hydrogen) atoms. The van der Waals surface area contributed by atoms with Gasteiger partial charge in [0.2, 0.25) is 0 Å². The summed E-state index contributed by atoms with van der Waals surface area (Å²) in [6.45, 7) is 3.86. The van der Waals surface area contributed by atoms with Crippen LogP contribution in [0.1, 0.15) is 45.3 Å². The Balaban J connectivity index is 1.38. The number of hydrogen-bond acceptors (Lipinski definition) is 4. The Hall–Kier alpha value is -4.26. The average Bonchev–Trinajstić information content (AvgIpc) is 3.42. The lowest BCUT2D eigenvalue weighted by atomic mass is 9.87. The third-order valence-corrected chi connectivity index (χ3v) is 7.34. The van der Waals surface area contributed by atoms with Gasteiger partial charge in [-0.3, -0.25) is 9.59 Å². The summed E-state index contributed by atoms with van der Waals surface area (Å²) >= 11 is 0. The van der Waals surface area contributed by atoms with Crippen LogP contribution in [0.5, 0.6) is 0 Å². The molecule has 1 fully saturated rings. The minimum absolute atomic E-state index is 0.0284. The number of anilines is 3. The molecule has 2 atom stereocenters. The van der Waals surface area contributed by atoms with Gasteiger partial charge in [0, 0.05) is 34.6 Å². The third-order valence-electron chi connectivity index (χ3n) is 7.34. The number of nitrogens with one attached hydrogen (secondary N) is 3. The van der Waals surface area contributed by atoms with Crippen LogP contribution in [-0.4, -0.2) is 21.7 Å². The number of fused-ring (bicyclic) bond motifs is 2. The van der Waals surface area contributed by atoms with Crippen LogP contribution in [0.4, 0.5) is 21.6 Å². The van der Waals surface area contributed by atoms with Gasteiger partial charge in [-0.2, -0.15) is 0 Å². The molecule has 6 nitrogen and oxygen atoms in total. The second-order valence-corrected chi connectivity index (χ2v) is 10.0. The Morgan fingerprint density at radius 3 is 2.72 bits per heavy atom. The van der Waals surface area contributed by atoms with Crippen molar-refractivity contribution in [3.05, 3.63) is 95.1 Å². The van der Waals surface area contributed by atoms with Crippen LogP contribution < -0.4 is 10.6 Å². The predicted molar refractivity (Wildman–Crippen MR) is 137 cm³/mol. The van der Waals surface area contributed by atoms with E-state index in [-0.39, 0.29) is 28.8 Å². The number of aromatic amines is 1. The molecule has 0 saturated heterocycles. The number of amides is 1. The molecule has 1 amide bonds. The summed E-state index contributed by atoms with van der Waals surface area (Å²) in [7, 11) is 0. The minimum Gasteiger partial charge on any atom is -0.356 e. The maximum Gasteiger partial charge on any atom is 0.257 e. The summed E-state index contributed by atoms with van der Waals surface area (Å²) in [5.41, 5.74) is 5.80. The number of carbonyl (C=O) groups excluding carboxylic acids is 2. The quantitative estimate of drug-likeness (QED) is 0.314. The van der Waals surface area contributed by atoms with Crippen LogP contribution in [0.25, 0.3) is 11.3 Å². The first-order valence-electron chi connectivity index (χ1n) is 12.0. The number of halogens is 1. The molecule has 2 aliphatic carbocycles. The summed E-state index contributed by atoms with van der Waals surface area (Å²) in [5.74, 6) is -0.154. The second-order valence-electron chi connectivity index (χ2n) is 10.0. The van der Waals surface area contributed by atoms with E-state index in [0.29, 0.717) is 16.9 Å². The van der Waals surface area contributed by atoms with Gasteiger partial charge >= 0.3 is 0 Å². The van der Waals surface area contributed by atoms with E-state index in [1.54, 1.807) is 19.2 Å². The number of Topliss-reactive ketones (excluding diaryl/α,β-unsaturated/α-hetero) is 1. The summed E-state index contributed by atoms with van der Waals surface area (Å²) < 4.78 is 13.5. The van der Waals surface area contributed by atoms with E-state index in [9.17, 15) is 14.0 Å². The lowest BCUT2D eigenvalue weighted by Crippen LogP contribution is -2.19. The van der Waals surface area contributed by atoms with E-state index in [1.165, 1.54) is 18.2 Å². The largest absolute Gasteiger partial charge is 0.356 e. The fourth-order valence-electron chi connectivity index (χ4n) is 5.27. The maximum atomic E-state index is 13.5. The number of benzene rings is 2. The number of pyridine rings is 1.